The number of methoxy groups -OCH3 is 1. The van der Waals surface area contributed by atoms with E-state index in [1.807, 2.05) is 50.8 Å². The van der Waals surface area contributed by atoms with E-state index in [9.17, 15) is 29.4 Å². The lowest BCUT2D eigenvalue weighted by molar-refractivity contribution is 0.0938. The van der Waals surface area contributed by atoms with Crippen LogP contribution in [-0.2, 0) is 6.42 Å². The first-order valence-electron chi connectivity index (χ1n) is 24.0. The Morgan fingerprint density at radius 3 is 2.28 bits per heavy atom. The molecule has 74 heavy (non-hydrogen) atoms. The first-order chi connectivity index (χ1) is 35.6. The molecular formula is C52H57N13O9. The highest BCUT2D eigenvalue weighted by Crippen LogP contribution is 2.43. The zero-order valence-electron chi connectivity index (χ0n) is 41.7. The molecule has 8 rings (SSSR count). The molecule has 0 aliphatic carbocycles. The van der Waals surface area contributed by atoms with Crippen LogP contribution in [0.25, 0.3) is 17.1 Å². The maximum atomic E-state index is 13.4. The second kappa shape index (κ2) is 22.6. The number of phenols is 2. The average Bonchev–Trinajstić information content (AvgIpc) is 4.06. The molecule has 7 N–H and O–H groups in total. The summed E-state index contributed by atoms with van der Waals surface area (Å²) in [7, 11) is 1.51. The maximum Gasteiger partial charge on any atom is 0.415 e. The monoisotopic (exact) mass is 1010 g/mol. The molecule has 22 nitrogen and oxygen atoms in total. The Hall–Kier alpha value is -9.08. The van der Waals surface area contributed by atoms with Crippen molar-refractivity contribution in [2.75, 3.05) is 52.2 Å². The highest BCUT2D eigenvalue weighted by Gasteiger charge is 2.34. The molecule has 0 saturated carbocycles. The fourth-order valence-electron chi connectivity index (χ4n) is 8.30. The number of fused-ring (bicyclic) bond motifs is 3. The highest BCUT2D eigenvalue weighted by atomic mass is 16.6. The smallest absolute Gasteiger partial charge is 0.415 e. The molecule has 0 spiro atoms. The van der Waals surface area contributed by atoms with Crippen molar-refractivity contribution in [2.24, 2.45) is 9.98 Å². The Kier molecular flexibility index (Phi) is 15.6. The van der Waals surface area contributed by atoms with Gasteiger partial charge in [-0.3, -0.25) is 34.2 Å². The van der Waals surface area contributed by atoms with E-state index < -0.39 is 17.9 Å². The summed E-state index contributed by atoms with van der Waals surface area (Å²) in [4.78, 5) is 73.5. The van der Waals surface area contributed by atoms with Gasteiger partial charge in [-0.25, -0.2) is 19.8 Å². The fourth-order valence-corrected chi connectivity index (χ4v) is 8.30. The van der Waals surface area contributed by atoms with Crippen LogP contribution in [0, 0.1) is 0 Å². The van der Waals surface area contributed by atoms with Crippen LogP contribution in [0.4, 0.5) is 16.4 Å². The van der Waals surface area contributed by atoms with E-state index in [0.29, 0.717) is 91.2 Å². The molecule has 4 heterocycles. The van der Waals surface area contributed by atoms with Crippen LogP contribution < -0.4 is 35.9 Å². The number of hydrogen-bond donors (Lipinski definition) is 6. The number of rotatable bonds is 18. The van der Waals surface area contributed by atoms with Gasteiger partial charge in [-0.1, -0.05) is 26.0 Å². The maximum absolute atomic E-state index is 13.4. The molecule has 2 aliphatic heterocycles. The predicted molar refractivity (Wildman–Crippen MR) is 275 cm³/mol. The summed E-state index contributed by atoms with van der Waals surface area (Å²) in [5, 5.41) is 38.2. The van der Waals surface area contributed by atoms with Crippen molar-refractivity contribution in [3.8, 4) is 45.8 Å². The van der Waals surface area contributed by atoms with Crippen molar-refractivity contribution in [2.45, 2.75) is 59.4 Å². The van der Waals surface area contributed by atoms with E-state index >= 15 is 0 Å². The number of ether oxygens (including phenoxy) is 3. The van der Waals surface area contributed by atoms with Gasteiger partial charge in [-0.05, 0) is 105 Å². The van der Waals surface area contributed by atoms with Gasteiger partial charge >= 0.3 is 6.09 Å². The second-order valence-corrected chi connectivity index (χ2v) is 17.7. The molecule has 2 aliphatic rings. The number of guanidine groups is 1. The standard InChI is InChI=1S/C52H57N13O9/c1-7-54-49(70)46-62-61-45(38-25-37(29(2)3)39(66)26-40(38)67)65(46)34-13-11-32(12-14-34)47(68)56-20-19-31-9-15-35(16-10-31)74-52(71)63(30(4)5)22-8-24-73-41-18-17-36-42(43(41)72-6)59-51(64-23-21-55-44(36)64)60-48(69)33-27-57-50(53)58-28-33/h9-18,25-30,66-67H,7-8,19-24H2,1-6H3,(H,54,70)(H,56,68)(H2,53,57,58)(H,59,60,69). The number of carbonyl (C=O) groups excluding carboxylic acids is 4. The van der Waals surface area contributed by atoms with E-state index in [2.05, 4.69) is 41.1 Å². The Balaban J connectivity index is 0.837. The Morgan fingerprint density at radius 1 is 0.851 bits per heavy atom. The average molecular weight is 1010 g/mol. The summed E-state index contributed by atoms with van der Waals surface area (Å²) >= 11 is 0. The SMILES string of the molecule is CCNC(=O)c1nnc(-c2cc(C(C)C)c(O)cc2O)n1-c1ccc(C(=O)NCCc2ccc(OC(=O)N(CCCOc3ccc4c(c3OC)N=C(NC(=O)c3cnc(N)nc3)N3CCN=C43)C(C)C)cc2)cc1. The third-order valence-corrected chi connectivity index (χ3v) is 12.1. The van der Waals surface area contributed by atoms with Gasteiger partial charge in [-0.15, -0.1) is 10.2 Å². The molecule has 6 aromatic rings. The minimum absolute atomic E-state index is 0.0235. The number of aromatic hydroxyl groups is 2. The van der Waals surface area contributed by atoms with Crippen molar-refractivity contribution in [3.05, 3.63) is 119 Å². The molecule has 4 amide bonds. The Bertz CT molecular complexity index is 3120. The molecule has 0 bridgehead atoms. The molecule has 0 fully saturated rings. The number of nitrogens with zero attached hydrogens (tertiary/aromatic N) is 9. The van der Waals surface area contributed by atoms with Crippen LogP contribution in [-0.4, -0.2) is 133 Å². The van der Waals surface area contributed by atoms with E-state index in [0.717, 1.165) is 11.1 Å². The summed E-state index contributed by atoms with van der Waals surface area (Å²) in [6.45, 7) is 11.6. The number of benzene rings is 4. The van der Waals surface area contributed by atoms with E-state index in [1.54, 1.807) is 60.4 Å². The Labute approximate surface area is 426 Å². The number of amidine groups is 1. The number of nitrogens with two attached hydrogens (primary N) is 1. The zero-order chi connectivity index (χ0) is 52.6. The van der Waals surface area contributed by atoms with Crippen molar-refractivity contribution in [1.29, 1.82) is 0 Å². The van der Waals surface area contributed by atoms with Crippen LogP contribution in [0.5, 0.6) is 28.7 Å². The molecule has 0 atom stereocenters. The van der Waals surface area contributed by atoms with Gasteiger partial charge in [0.15, 0.2) is 17.3 Å². The number of phenolic OH excluding ortho intramolecular Hbond substituents is 2. The largest absolute Gasteiger partial charge is 0.508 e. The molecule has 2 aromatic heterocycles. The molecular weight excluding hydrogens is 951 g/mol. The molecule has 0 radical (unpaired) electrons. The highest BCUT2D eigenvalue weighted by molar-refractivity contribution is 6.20. The van der Waals surface area contributed by atoms with Crippen molar-refractivity contribution >= 4 is 47.2 Å². The molecule has 22 heteroatoms. The number of anilines is 1. The topological polar surface area (TPSA) is 286 Å². The van der Waals surface area contributed by atoms with Crippen molar-refractivity contribution in [3.63, 3.8) is 0 Å². The lowest BCUT2D eigenvalue weighted by Gasteiger charge is -2.28. The van der Waals surface area contributed by atoms with Crippen LogP contribution in [0.3, 0.4) is 0 Å². The lowest BCUT2D eigenvalue weighted by Crippen LogP contribution is -2.47. The van der Waals surface area contributed by atoms with E-state index in [-0.39, 0.29) is 70.7 Å². The van der Waals surface area contributed by atoms with Crippen LogP contribution in [0.15, 0.2) is 95.2 Å². The van der Waals surface area contributed by atoms with E-state index in [4.69, 9.17) is 24.9 Å². The van der Waals surface area contributed by atoms with Gasteiger partial charge in [0.1, 0.15) is 28.8 Å². The number of carbonyl (C=O) groups is 4. The van der Waals surface area contributed by atoms with Gasteiger partial charge < -0.3 is 45.7 Å². The zero-order valence-corrected chi connectivity index (χ0v) is 41.7. The number of amides is 4. The summed E-state index contributed by atoms with van der Waals surface area (Å²) in [6.07, 6.45) is 3.11. The first kappa shape index (κ1) is 51.3. The summed E-state index contributed by atoms with van der Waals surface area (Å²) in [5.74, 6) is 0.618. The molecule has 0 saturated heterocycles. The third-order valence-electron chi connectivity index (χ3n) is 12.1. The van der Waals surface area contributed by atoms with Crippen LogP contribution in [0.1, 0.15) is 95.0 Å². The van der Waals surface area contributed by atoms with Gasteiger partial charge in [0.2, 0.25) is 17.7 Å². The summed E-state index contributed by atoms with van der Waals surface area (Å²) in [6, 6.07) is 19.9. The summed E-state index contributed by atoms with van der Waals surface area (Å²) in [5.41, 5.74) is 9.57. The van der Waals surface area contributed by atoms with E-state index in [1.165, 1.54) is 30.1 Å². The van der Waals surface area contributed by atoms with Gasteiger partial charge in [0, 0.05) is 67.5 Å². The third kappa shape index (κ3) is 11.2. The van der Waals surface area contributed by atoms with Crippen LogP contribution >= 0.6 is 0 Å². The molecule has 384 valence electrons. The number of nitrogen functional groups attached to an aromatic ring is 1. The minimum atomic E-state index is -0.520. The number of aromatic nitrogens is 5. The minimum Gasteiger partial charge on any atom is -0.508 e. The number of aliphatic imine (C=N–C) groups is 2. The Morgan fingerprint density at radius 2 is 1.59 bits per heavy atom. The first-order valence-corrected chi connectivity index (χ1v) is 24.0. The normalized spacial score (nSPS) is 12.6. The van der Waals surface area contributed by atoms with Crippen molar-refractivity contribution < 1.29 is 43.6 Å². The second-order valence-electron chi connectivity index (χ2n) is 17.7. The number of nitrogens with one attached hydrogen (secondary N) is 3. The van der Waals surface area contributed by atoms with Gasteiger partial charge in [0.25, 0.3) is 17.7 Å². The van der Waals surface area contributed by atoms with Crippen molar-refractivity contribution in [1.82, 2.24) is 50.5 Å². The van der Waals surface area contributed by atoms with Crippen LogP contribution in [0.2, 0.25) is 0 Å². The molecule has 4 aromatic carbocycles. The lowest BCUT2D eigenvalue weighted by atomic mass is 9.98. The quantitative estimate of drug-likeness (QED) is 0.0560. The summed E-state index contributed by atoms with van der Waals surface area (Å²) < 4.78 is 19.2. The predicted octanol–water partition coefficient (Wildman–Crippen LogP) is 5.74. The van der Waals surface area contributed by atoms with Gasteiger partial charge in [0.05, 0.1) is 31.4 Å². The molecule has 0 unspecified atom stereocenters. The van der Waals surface area contributed by atoms with Gasteiger partial charge in [-0.2, -0.15) is 0 Å². The number of hydrogen-bond acceptors (Lipinski definition) is 17. The fraction of sp³-hybridized carbons (Fsp3) is 0.308.